The van der Waals surface area contributed by atoms with Crippen molar-refractivity contribution < 1.29 is 0 Å². The first-order valence-electron chi connectivity index (χ1n) is 5.47. The van der Waals surface area contributed by atoms with Crippen molar-refractivity contribution in [3.63, 3.8) is 0 Å². The van der Waals surface area contributed by atoms with Crippen molar-refractivity contribution in [1.82, 2.24) is 0 Å². The highest BCUT2D eigenvalue weighted by molar-refractivity contribution is 9.08. The van der Waals surface area contributed by atoms with Crippen molar-refractivity contribution in [1.29, 1.82) is 0 Å². The van der Waals surface area contributed by atoms with Crippen LogP contribution < -0.4 is 0 Å². The fraction of sp³-hybridized carbons (Fsp3) is 0.0667. The summed E-state index contributed by atoms with van der Waals surface area (Å²) >= 11 is 14.9. The Bertz CT molecular complexity index is 555. The molecule has 0 spiro atoms. The maximum atomic E-state index is 5.74. The number of halogens is 3. The zero-order valence-electron chi connectivity index (χ0n) is 9.54. The monoisotopic (exact) mass is 340 g/mol. The van der Waals surface area contributed by atoms with E-state index in [2.05, 4.69) is 46.3 Å². The van der Waals surface area contributed by atoms with Crippen molar-refractivity contribution in [2.75, 3.05) is 0 Å². The molecule has 2 aromatic carbocycles. The Kier molecular flexibility index (Phi) is 4.87. The number of hydrogen-bond donors (Lipinski definition) is 0. The molecule has 0 aromatic heterocycles. The second kappa shape index (κ2) is 6.42. The summed E-state index contributed by atoms with van der Waals surface area (Å²) < 4.78 is 0.263. The van der Waals surface area contributed by atoms with Gasteiger partial charge in [-0.25, -0.2) is 0 Å². The van der Waals surface area contributed by atoms with Crippen LogP contribution in [0.3, 0.4) is 0 Å². The van der Waals surface area contributed by atoms with Gasteiger partial charge < -0.3 is 0 Å². The van der Waals surface area contributed by atoms with Crippen LogP contribution in [0.2, 0.25) is 0 Å². The third-order valence-corrected chi connectivity index (χ3v) is 3.51. The van der Waals surface area contributed by atoms with Crippen molar-refractivity contribution in [2.24, 2.45) is 0 Å². The lowest BCUT2D eigenvalue weighted by Gasteiger charge is -2.07. The SMILES string of the molecule is ClC(Cl)=Cc1ccccc1-c1ccc(CBr)cc1. The van der Waals surface area contributed by atoms with Gasteiger partial charge in [-0.3, -0.25) is 0 Å². The molecule has 0 N–H and O–H groups in total. The molecular weight excluding hydrogens is 331 g/mol. The molecule has 3 heteroatoms. The third-order valence-electron chi connectivity index (χ3n) is 2.64. The highest BCUT2D eigenvalue weighted by Crippen LogP contribution is 2.27. The Morgan fingerprint density at radius 3 is 2.28 bits per heavy atom. The molecule has 0 heterocycles. The van der Waals surface area contributed by atoms with Crippen molar-refractivity contribution >= 4 is 45.2 Å². The summed E-state index contributed by atoms with van der Waals surface area (Å²) in [5.41, 5.74) is 4.55. The second-order valence-electron chi connectivity index (χ2n) is 3.85. The normalized spacial score (nSPS) is 10.2. The van der Waals surface area contributed by atoms with Gasteiger partial charge in [0.2, 0.25) is 0 Å². The fourth-order valence-corrected chi connectivity index (χ4v) is 2.39. The number of alkyl halides is 1. The molecule has 92 valence electrons. The molecule has 0 saturated heterocycles. The van der Waals surface area contributed by atoms with Gasteiger partial charge in [0.15, 0.2) is 0 Å². The van der Waals surface area contributed by atoms with Gasteiger partial charge in [-0.2, -0.15) is 0 Å². The van der Waals surface area contributed by atoms with Crippen LogP contribution in [0.1, 0.15) is 11.1 Å². The van der Waals surface area contributed by atoms with Gasteiger partial charge in [-0.15, -0.1) is 0 Å². The van der Waals surface area contributed by atoms with E-state index in [4.69, 9.17) is 23.2 Å². The quantitative estimate of drug-likeness (QED) is 0.598. The fourth-order valence-electron chi connectivity index (χ4n) is 1.78. The lowest BCUT2D eigenvalue weighted by molar-refractivity contribution is 1.43. The summed E-state index contributed by atoms with van der Waals surface area (Å²) in [4.78, 5) is 0. The van der Waals surface area contributed by atoms with Crippen molar-refractivity contribution in [3.05, 3.63) is 64.1 Å². The number of hydrogen-bond acceptors (Lipinski definition) is 0. The first-order chi connectivity index (χ1) is 8.70. The van der Waals surface area contributed by atoms with Gasteiger partial charge in [-0.05, 0) is 28.3 Å². The average Bonchev–Trinajstić information content (AvgIpc) is 2.39. The lowest BCUT2D eigenvalue weighted by atomic mass is 9.99. The van der Waals surface area contributed by atoms with Crippen molar-refractivity contribution in [3.8, 4) is 11.1 Å². The van der Waals surface area contributed by atoms with Gasteiger partial charge in [0.1, 0.15) is 4.49 Å². The molecule has 0 atom stereocenters. The minimum atomic E-state index is 0.263. The highest BCUT2D eigenvalue weighted by atomic mass is 79.9. The zero-order chi connectivity index (χ0) is 13.0. The smallest absolute Gasteiger partial charge is 0.0876 e. The predicted octanol–water partition coefficient (Wildman–Crippen LogP) is 6.02. The standard InChI is InChI=1S/C15H11BrCl2/c16-10-11-5-7-12(8-6-11)14-4-2-1-3-13(14)9-15(17)18/h1-9H,10H2. The first-order valence-corrected chi connectivity index (χ1v) is 7.35. The van der Waals surface area contributed by atoms with Crippen LogP contribution >= 0.6 is 39.1 Å². The Balaban J connectivity index is 2.46. The van der Waals surface area contributed by atoms with E-state index in [9.17, 15) is 0 Å². The molecule has 0 fully saturated rings. The molecule has 2 aromatic rings. The van der Waals surface area contributed by atoms with Crippen LogP contribution in [0.25, 0.3) is 17.2 Å². The summed E-state index contributed by atoms with van der Waals surface area (Å²) in [5, 5.41) is 0.863. The van der Waals surface area contributed by atoms with Gasteiger partial charge in [0.25, 0.3) is 0 Å². The topological polar surface area (TPSA) is 0 Å². The van der Waals surface area contributed by atoms with Gasteiger partial charge in [0.05, 0.1) is 0 Å². The van der Waals surface area contributed by atoms with Gasteiger partial charge in [0, 0.05) is 5.33 Å². The largest absolute Gasteiger partial charge is 0.107 e. The second-order valence-corrected chi connectivity index (χ2v) is 5.42. The Morgan fingerprint density at radius 2 is 1.67 bits per heavy atom. The van der Waals surface area contributed by atoms with Crippen LogP contribution in [0, 0.1) is 0 Å². The van der Waals surface area contributed by atoms with Crippen LogP contribution in [0.4, 0.5) is 0 Å². The minimum Gasteiger partial charge on any atom is -0.0876 e. The van der Waals surface area contributed by atoms with E-state index in [0.717, 1.165) is 22.0 Å². The molecule has 0 bridgehead atoms. The van der Waals surface area contributed by atoms with Crippen LogP contribution in [-0.2, 0) is 5.33 Å². The van der Waals surface area contributed by atoms with E-state index in [-0.39, 0.29) is 4.49 Å². The summed E-state index contributed by atoms with van der Waals surface area (Å²) in [5.74, 6) is 0. The molecule has 0 amide bonds. The average molecular weight is 342 g/mol. The minimum absolute atomic E-state index is 0.263. The van der Waals surface area contributed by atoms with E-state index in [1.165, 1.54) is 5.56 Å². The number of benzene rings is 2. The third kappa shape index (κ3) is 3.38. The van der Waals surface area contributed by atoms with Crippen molar-refractivity contribution in [2.45, 2.75) is 5.33 Å². The van der Waals surface area contributed by atoms with E-state index in [1.54, 1.807) is 6.08 Å². The molecule has 0 aliphatic heterocycles. The molecule has 0 aliphatic rings. The Labute approximate surface area is 125 Å². The maximum Gasteiger partial charge on any atom is 0.107 e. The molecule has 18 heavy (non-hydrogen) atoms. The summed E-state index contributed by atoms with van der Waals surface area (Å²) in [7, 11) is 0. The zero-order valence-corrected chi connectivity index (χ0v) is 12.6. The van der Waals surface area contributed by atoms with E-state index >= 15 is 0 Å². The Hall–Kier alpha value is -0.760. The lowest BCUT2D eigenvalue weighted by Crippen LogP contribution is -1.84. The van der Waals surface area contributed by atoms with Crippen LogP contribution in [0.15, 0.2) is 53.0 Å². The van der Waals surface area contributed by atoms with E-state index < -0.39 is 0 Å². The predicted molar refractivity (Wildman–Crippen MR) is 84.2 cm³/mol. The van der Waals surface area contributed by atoms with Crippen LogP contribution in [0.5, 0.6) is 0 Å². The van der Waals surface area contributed by atoms with E-state index in [0.29, 0.717) is 0 Å². The number of rotatable bonds is 3. The molecular formula is C15H11BrCl2. The van der Waals surface area contributed by atoms with Gasteiger partial charge in [-0.1, -0.05) is 87.7 Å². The molecule has 0 unspecified atom stereocenters. The summed E-state index contributed by atoms with van der Waals surface area (Å²) in [6.07, 6.45) is 1.76. The molecule has 0 saturated carbocycles. The first kappa shape index (κ1) is 13.7. The molecule has 0 radical (unpaired) electrons. The van der Waals surface area contributed by atoms with E-state index in [1.807, 2.05) is 18.2 Å². The summed E-state index contributed by atoms with van der Waals surface area (Å²) in [6, 6.07) is 16.5. The Morgan fingerprint density at radius 1 is 1.00 bits per heavy atom. The molecule has 0 aliphatic carbocycles. The molecule has 0 nitrogen and oxygen atoms in total. The van der Waals surface area contributed by atoms with Crippen LogP contribution in [-0.4, -0.2) is 0 Å². The summed E-state index contributed by atoms with van der Waals surface area (Å²) in [6.45, 7) is 0. The van der Waals surface area contributed by atoms with Gasteiger partial charge >= 0.3 is 0 Å². The maximum absolute atomic E-state index is 5.74. The molecule has 2 rings (SSSR count). The highest BCUT2D eigenvalue weighted by Gasteiger charge is 2.03.